The molecular formula is C25H28N2O6S. The maximum atomic E-state index is 13.3. The van der Waals surface area contributed by atoms with Crippen LogP contribution in [0.15, 0.2) is 59.5 Å². The molecule has 0 bridgehead atoms. The molecule has 4 rings (SSSR count). The average molecular weight is 485 g/mol. The first-order valence-electron chi connectivity index (χ1n) is 10.9. The first-order valence-corrected chi connectivity index (χ1v) is 12.4. The van der Waals surface area contributed by atoms with Gasteiger partial charge in [0, 0.05) is 26.7 Å². The predicted molar refractivity (Wildman–Crippen MR) is 129 cm³/mol. The van der Waals surface area contributed by atoms with Crippen LogP contribution >= 0.6 is 0 Å². The minimum absolute atomic E-state index is 0.0617. The normalized spacial score (nSPS) is 14.7. The number of hydrogen-bond donors (Lipinski definition) is 0. The number of sulfonamides is 1. The lowest BCUT2D eigenvalue weighted by Gasteiger charge is -2.26. The third kappa shape index (κ3) is 4.86. The van der Waals surface area contributed by atoms with Crippen molar-refractivity contribution in [1.29, 1.82) is 0 Å². The molecule has 0 aromatic heterocycles. The van der Waals surface area contributed by atoms with Crippen molar-refractivity contribution in [1.82, 2.24) is 9.21 Å². The largest absolute Gasteiger partial charge is 0.497 e. The number of ether oxygens (including phenoxy) is 3. The van der Waals surface area contributed by atoms with E-state index in [-0.39, 0.29) is 29.5 Å². The van der Waals surface area contributed by atoms with E-state index in [0.717, 1.165) is 22.1 Å². The van der Waals surface area contributed by atoms with Gasteiger partial charge in [-0.2, -0.15) is 4.31 Å². The molecule has 1 fully saturated rings. The van der Waals surface area contributed by atoms with Crippen LogP contribution in [0.1, 0.15) is 15.9 Å². The van der Waals surface area contributed by atoms with Crippen LogP contribution in [0, 0.1) is 0 Å². The summed E-state index contributed by atoms with van der Waals surface area (Å²) in [6.45, 7) is 1.62. The summed E-state index contributed by atoms with van der Waals surface area (Å²) >= 11 is 0. The SMILES string of the molecule is COc1ccc2cc(CN(C)C(=O)c3cc(S(=O)(=O)N4CCOCC4)ccc3OC)ccc2c1. The van der Waals surface area contributed by atoms with Gasteiger partial charge < -0.3 is 19.1 Å². The van der Waals surface area contributed by atoms with E-state index in [1.807, 2.05) is 36.4 Å². The Morgan fingerprint density at radius 2 is 1.68 bits per heavy atom. The molecule has 1 aliphatic rings. The first kappa shape index (κ1) is 24.0. The van der Waals surface area contributed by atoms with Crippen LogP contribution in [0.2, 0.25) is 0 Å². The number of morpholine rings is 1. The Morgan fingerprint density at radius 1 is 0.971 bits per heavy atom. The summed E-state index contributed by atoms with van der Waals surface area (Å²) in [6.07, 6.45) is 0. The van der Waals surface area contributed by atoms with Crippen LogP contribution in [-0.4, -0.2) is 71.1 Å². The van der Waals surface area contributed by atoms with E-state index in [4.69, 9.17) is 14.2 Å². The van der Waals surface area contributed by atoms with Gasteiger partial charge in [0.15, 0.2) is 0 Å². The number of carbonyl (C=O) groups is 1. The van der Waals surface area contributed by atoms with Gasteiger partial charge in [0.25, 0.3) is 5.91 Å². The van der Waals surface area contributed by atoms with Crippen molar-refractivity contribution in [2.75, 3.05) is 47.6 Å². The van der Waals surface area contributed by atoms with E-state index in [2.05, 4.69) is 0 Å². The smallest absolute Gasteiger partial charge is 0.257 e. The molecule has 180 valence electrons. The fourth-order valence-corrected chi connectivity index (χ4v) is 5.44. The van der Waals surface area contributed by atoms with Crippen LogP contribution in [-0.2, 0) is 21.3 Å². The number of hydrogen-bond acceptors (Lipinski definition) is 6. The molecule has 0 atom stereocenters. The summed E-state index contributed by atoms with van der Waals surface area (Å²) < 4.78 is 43.5. The highest BCUT2D eigenvalue weighted by atomic mass is 32.2. The number of benzene rings is 3. The second-order valence-corrected chi connectivity index (χ2v) is 10.0. The molecule has 34 heavy (non-hydrogen) atoms. The lowest BCUT2D eigenvalue weighted by atomic mass is 10.1. The van der Waals surface area contributed by atoms with Gasteiger partial charge in [0.1, 0.15) is 11.5 Å². The summed E-state index contributed by atoms with van der Waals surface area (Å²) in [5.74, 6) is 0.778. The van der Waals surface area contributed by atoms with Crippen molar-refractivity contribution in [3.05, 3.63) is 65.7 Å². The van der Waals surface area contributed by atoms with Crippen LogP contribution in [0.5, 0.6) is 11.5 Å². The van der Waals surface area contributed by atoms with E-state index < -0.39 is 10.0 Å². The number of methoxy groups -OCH3 is 2. The molecule has 0 aliphatic carbocycles. The van der Waals surface area contributed by atoms with Gasteiger partial charge >= 0.3 is 0 Å². The van der Waals surface area contributed by atoms with Crippen molar-refractivity contribution in [3.63, 3.8) is 0 Å². The van der Waals surface area contributed by atoms with Crippen molar-refractivity contribution in [2.45, 2.75) is 11.4 Å². The molecule has 1 aliphatic heterocycles. The second kappa shape index (κ2) is 10.0. The predicted octanol–water partition coefficient (Wildman–Crippen LogP) is 3.15. The maximum absolute atomic E-state index is 13.3. The van der Waals surface area contributed by atoms with E-state index in [9.17, 15) is 13.2 Å². The molecule has 0 spiro atoms. The number of nitrogens with zero attached hydrogens (tertiary/aromatic N) is 2. The van der Waals surface area contributed by atoms with Crippen molar-refractivity contribution < 1.29 is 27.4 Å². The van der Waals surface area contributed by atoms with Crippen LogP contribution < -0.4 is 9.47 Å². The Kier molecular flexibility index (Phi) is 7.06. The Hall–Kier alpha value is -3.14. The van der Waals surface area contributed by atoms with E-state index in [0.29, 0.717) is 25.5 Å². The van der Waals surface area contributed by atoms with Crippen LogP contribution in [0.25, 0.3) is 10.8 Å². The number of carbonyl (C=O) groups excluding carboxylic acids is 1. The summed E-state index contributed by atoms with van der Waals surface area (Å²) in [4.78, 5) is 14.9. The van der Waals surface area contributed by atoms with Gasteiger partial charge in [-0.25, -0.2) is 8.42 Å². The van der Waals surface area contributed by atoms with E-state index in [1.54, 1.807) is 19.1 Å². The minimum Gasteiger partial charge on any atom is -0.497 e. The molecule has 0 radical (unpaired) electrons. The van der Waals surface area contributed by atoms with Gasteiger partial charge in [-0.3, -0.25) is 4.79 Å². The minimum atomic E-state index is -3.74. The first-order chi connectivity index (χ1) is 16.3. The zero-order valence-corrected chi connectivity index (χ0v) is 20.3. The molecular weight excluding hydrogens is 456 g/mol. The quantitative estimate of drug-likeness (QED) is 0.512. The molecule has 9 heteroatoms. The molecule has 0 saturated carbocycles. The van der Waals surface area contributed by atoms with Gasteiger partial charge in [0.2, 0.25) is 10.0 Å². The summed E-state index contributed by atoms with van der Waals surface area (Å²) in [5.41, 5.74) is 1.15. The Bertz CT molecular complexity index is 1300. The lowest BCUT2D eigenvalue weighted by molar-refractivity contribution is 0.0730. The fraction of sp³-hybridized carbons (Fsp3) is 0.320. The van der Waals surface area contributed by atoms with E-state index >= 15 is 0 Å². The molecule has 3 aromatic rings. The highest BCUT2D eigenvalue weighted by Gasteiger charge is 2.28. The van der Waals surface area contributed by atoms with Gasteiger partial charge in [-0.05, 0) is 52.7 Å². The van der Waals surface area contributed by atoms with Gasteiger partial charge in [0.05, 0.1) is 37.9 Å². The molecule has 0 unspecified atom stereocenters. The number of rotatable bonds is 7. The Labute approximate surface area is 199 Å². The molecule has 3 aromatic carbocycles. The highest BCUT2D eigenvalue weighted by Crippen LogP contribution is 2.27. The summed E-state index contributed by atoms with van der Waals surface area (Å²) in [5, 5.41) is 2.08. The summed E-state index contributed by atoms with van der Waals surface area (Å²) in [6, 6.07) is 16.2. The fourth-order valence-electron chi connectivity index (χ4n) is 4.00. The zero-order valence-electron chi connectivity index (χ0n) is 19.5. The maximum Gasteiger partial charge on any atom is 0.257 e. The van der Waals surface area contributed by atoms with Crippen molar-refractivity contribution in [3.8, 4) is 11.5 Å². The van der Waals surface area contributed by atoms with Gasteiger partial charge in [-0.1, -0.05) is 18.2 Å². The Morgan fingerprint density at radius 3 is 2.38 bits per heavy atom. The number of amides is 1. The van der Waals surface area contributed by atoms with Gasteiger partial charge in [-0.15, -0.1) is 0 Å². The topological polar surface area (TPSA) is 85.4 Å². The van der Waals surface area contributed by atoms with Crippen molar-refractivity contribution in [2.24, 2.45) is 0 Å². The molecule has 1 heterocycles. The zero-order chi connectivity index (χ0) is 24.3. The van der Waals surface area contributed by atoms with Crippen LogP contribution in [0.3, 0.4) is 0 Å². The standard InChI is InChI=1S/C25H28N2O6S/c1-26(17-18-4-5-20-15-21(31-2)7-6-19(20)14-18)25(28)23-16-22(8-9-24(23)32-3)34(29,30)27-10-12-33-13-11-27/h4-9,14-16H,10-13,17H2,1-3H3. The molecule has 1 amide bonds. The molecule has 0 N–H and O–H groups in total. The highest BCUT2D eigenvalue weighted by molar-refractivity contribution is 7.89. The molecule has 1 saturated heterocycles. The third-order valence-electron chi connectivity index (χ3n) is 5.89. The second-order valence-electron chi connectivity index (χ2n) is 8.09. The average Bonchev–Trinajstić information content (AvgIpc) is 2.87. The monoisotopic (exact) mass is 484 g/mol. The molecule has 8 nitrogen and oxygen atoms in total. The summed E-state index contributed by atoms with van der Waals surface area (Å²) in [7, 11) is 1.03. The van der Waals surface area contributed by atoms with Crippen LogP contribution in [0.4, 0.5) is 0 Å². The number of fused-ring (bicyclic) bond motifs is 1. The van der Waals surface area contributed by atoms with Crippen molar-refractivity contribution >= 4 is 26.7 Å². The Balaban J connectivity index is 1.58. The third-order valence-corrected chi connectivity index (χ3v) is 7.78. The lowest BCUT2D eigenvalue weighted by Crippen LogP contribution is -2.40. The van der Waals surface area contributed by atoms with E-state index in [1.165, 1.54) is 29.6 Å².